The summed E-state index contributed by atoms with van der Waals surface area (Å²) in [6.07, 6.45) is 0. The Hall–Kier alpha value is -1.17. The summed E-state index contributed by atoms with van der Waals surface area (Å²) in [4.78, 5) is 0. The molecule has 0 saturated heterocycles. The van der Waals surface area contributed by atoms with Gasteiger partial charge in [-0.3, -0.25) is 0 Å². The largest absolute Gasteiger partial charge is 0.488 e. The van der Waals surface area contributed by atoms with Gasteiger partial charge < -0.3 is 10.1 Å². The zero-order valence-corrected chi connectivity index (χ0v) is 13.6. The first kappa shape index (κ1) is 16.2. The fourth-order valence-electron chi connectivity index (χ4n) is 1.87. The van der Waals surface area contributed by atoms with E-state index in [4.69, 9.17) is 16.3 Å². The van der Waals surface area contributed by atoms with Gasteiger partial charge in [0.25, 0.3) is 0 Å². The third kappa shape index (κ3) is 3.73. The Bertz CT molecular complexity index is 652. The molecule has 0 unspecified atom stereocenters. The van der Waals surface area contributed by atoms with Gasteiger partial charge >= 0.3 is 0 Å². The number of nitrogens with one attached hydrogen (secondary N) is 1. The highest BCUT2D eigenvalue weighted by Crippen LogP contribution is 2.28. The zero-order valence-electron chi connectivity index (χ0n) is 11.2. The van der Waals surface area contributed by atoms with Gasteiger partial charge in [-0.15, -0.1) is 0 Å². The minimum atomic E-state index is -0.660. The van der Waals surface area contributed by atoms with Crippen LogP contribution in [0, 0.1) is 11.6 Å². The summed E-state index contributed by atoms with van der Waals surface area (Å²) in [5, 5.41) is 3.51. The van der Waals surface area contributed by atoms with E-state index in [1.807, 2.05) is 0 Å². The Balaban J connectivity index is 2.25. The third-order valence-electron chi connectivity index (χ3n) is 2.94. The SMILES string of the molecule is CNCc1c(Cl)cccc1OCc1c(F)ccc(Br)c1F. The first-order valence-electron chi connectivity index (χ1n) is 6.21. The number of ether oxygens (including phenoxy) is 1. The van der Waals surface area contributed by atoms with E-state index in [0.717, 1.165) is 5.56 Å². The first-order valence-corrected chi connectivity index (χ1v) is 7.39. The van der Waals surface area contributed by atoms with E-state index >= 15 is 0 Å². The number of benzene rings is 2. The van der Waals surface area contributed by atoms with Gasteiger partial charge in [0.1, 0.15) is 24.0 Å². The van der Waals surface area contributed by atoms with Crippen LogP contribution >= 0.6 is 27.5 Å². The monoisotopic (exact) mass is 375 g/mol. The average molecular weight is 377 g/mol. The van der Waals surface area contributed by atoms with Gasteiger partial charge in [-0.2, -0.15) is 0 Å². The molecule has 0 aliphatic heterocycles. The summed E-state index contributed by atoms with van der Waals surface area (Å²) >= 11 is 9.13. The molecule has 0 saturated carbocycles. The fraction of sp³-hybridized carbons (Fsp3) is 0.200. The second-order valence-electron chi connectivity index (χ2n) is 4.36. The van der Waals surface area contributed by atoms with Crippen LogP contribution in [0.4, 0.5) is 8.78 Å². The molecular formula is C15H13BrClF2NO. The second kappa shape index (κ2) is 7.20. The Kier molecular flexibility index (Phi) is 5.56. The fourth-order valence-corrected chi connectivity index (χ4v) is 2.48. The molecule has 0 aliphatic carbocycles. The van der Waals surface area contributed by atoms with E-state index < -0.39 is 11.6 Å². The molecule has 21 heavy (non-hydrogen) atoms. The maximum Gasteiger partial charge on any atom is 0.146 e. The maximum absolute atomic E-state index is 13.9. The van der Waals surface area contributed by atoms with Crippen molar-refractivity contribution < 1.29 is 13.5 Å². The second-order valence-corrected chi connectivity index (χ2v) is 5.62. The van der Waals surface area contributed by atoms with E-state index in [0.29, 0.717) is 17.3 Å². The quantitative estimate of drug-likeness (QED) is 0.765. The Labute approximate surface area is 135 Å². The Morgan fingerprint density at radius 1 is 1.19 bits per heavy atom. The summed E-state index contributed by atoms with van der Waals surface area (Å²) in [5.41, 5.74) is 0.622. The highest BCUT2D eigenvalue weighted by Gasteiger charge is 2.14. The molecule has 0 amide bonds. The van der Waals surface area contributed by atoms with E-state index in [2.05, 4.69) is 21.2 Å². The van der Waals surface area contributed by atoms with Crippen molar-refractivity contribution in [1.29, 1.82) is 0 Å². The smallest absolute Gasteiger partial charge is 0.146 e. The van der Waals surface area contributed by atoms with Crippen molar-refractivity contribution in [3.8, 4) is 5.75 Å². The summed E-state index contributed by atoms with van der Waals surface area (Å²) < 4.78 is 33.3. The van der Waals surface area contributed by atoms with E-state index in [-0.39, 0.29) is 16.6 Å². The van der Waals surface area contributed by atoms with Crippen LogP contribution in [0.25, 0.3) is 0 Å². The van der Waals surface area contributed by atoms with Crippen LogP contribution < -0.4 is 10.1 Å². The van der Waals surface area contributed by atoms with Crippen molar-refractivity contribution in [1.82, 2.24) is 5.32 Å². The minimum Gasteiger partial charge on any atom is -0.488 e. The lowest BCUT2D eigenvalue weighted by Gasteiger charge is -2.14. The Morgan fingerprint density at radius 3 is 2.67 bits per heavy atom. The maximum atomic E-state index is 13.9. The van der Waals surface area contributed by atoms with E-state index in [1.165, 1.54) is 12.1 Å². The minimum absolute atomic E-state index is 0.125. The van der Waals surface area contributed by atoms with Gasteiger partial charge in [-0.1, -0.05) is 17.7 Å². The number of halogens is 4. The van der Waals surface area contributed by atoms with Gasteiger partial charge in [0, 0.05) is 17.1 Å². The summed E-state index contributed by atoms with van der Waals surface area (Å²) in [7, 11) is 1.78. The molecule has 0 fully saturated rings. The molecule has 0 radical (unpaired) electrons. The van der Waals surface area contributed by atoms with Gasteiger partial charge in [0.2, 0.25) is 0 Å². The summed E-state index contributed by atoms with van der Waals surface area (Å²) in [6, 6.07) is 7.69. The van der Waals surface area contributed by atoms with Crippen LogP contribution in [0.3, 0.4) is 0 Å². The van der Waals surface area contributed by atoms with E-state index in [1.54, 1.807) is 25.2 Å². The van der Waals surface area contributed by atoms with Crippen molar-refractivity contribution in [2.45, 2.75) is 13.2 Å². The Morgan fingerprint density at radius 2 is 1.95 bits per heavy atom. The molecule has 6 heteroatoms. The molecule has 2 nitrogen and oxygen atoms in total. The average Bonchev–Trinajstić information content (AvgIpc) is 2.46. The lowest BCUT2D eigenvalue weighted by atomic mass is 10.2. The molecule has 0 aromatic heterocycles. The van der Waals surface area contributed by atoms with Crippen molar-refractivity contribution in [2.75, 3.05) is 7.05 Å². The zero-order chi connectivity index (χ0) is 15.4. The molecular weight excluding hydrogens is 364 g/mol. The van der Waals surface area contributed by atoms with Crippen molar-refractivity contribution >= 4 is 27.5 Å². The lowest BCUT2D eigenvalue weighted by Crippen LogP contribution is -2.09. The highest BCUT2D eigenvalue weighted by molar-refractivity contribution is 9.10. The molecule has 0 heterocycles. The standard InChI is InChI=1S/C15H13BrClF2NO/c1-20-7-9-12(17)3-2-4-14(9)21-8-10-13(18)6-5-11(16)15(10)19/h2-6,20H,7-8H2,1H3. The van der Waals surface area contributed by atoms with Crippen molar-refractivity contribution in [2.24, 2.45) is 0 Å². The molecule has 0 spiro atoms. The van der Waals surface area contributed by atoms with Crippen LogP contribution in [0.2, 0.25) is 5.02 Å². The summed E-state index contributed by atoms with van der Waals surface area (Å²) in [6.45, 7) is 0.284. The van der Waals surface area contributed by atoms with Crippen molar-refractivity contribution in [3.63, 3.8) is 0 Å². The van der Waals surface area contributed by atoms with Crippen LogP contribution in [0.15, 0.2) is 34.8 Å². The van der Waals surface area contributed by atoms with E-state index in [9.17, 15) is 8.78 Å². The van der Waals surface area contributed by atoms with Gasteiger partial charge in [0.15, 0.2) is 0 Å². The predicted octanol–water partition coefficient (Wildman–Crippen LogP) is 4.68. The van der Waals surface area contributed by atoms with Crippen molar-refractivity contribution in [3.05, 3.63) is 62.6 Å². The third-order valence-corrected chi connectivity index (χ3v) is 3.91. The normalized spacial score (nSPS) is 10.7. The number of hydrogen-bond acceptors (Lipinski definition) is 2. The highest BCUT2D eigenvalue weighted by atomic mass is 79.9. The van der Waals surface area contributed by atoms with Crippen LogP contribution in [0.1, 0.15) is 11.1 Å². The molecule has 112 valence electrons. The van der Waals surface area contributed by atoms with Crippen LogP contribution in [0.5, 0.6) is 5.75 Å². The topological polar surface area (TPSA) is 21.3 Å². The summed E-state index contributed by atoms with van der Waals surface area (Å²) in [5.74, 6) is -0.810. The van der Waals surface area contributed by atoms with Crippen LogP contribution in [-0.4, -0.2) is 7.05 Å². The van der Waals surface area contributed by atoms with Crippen LogP contribution in [-0.2, 0) is 13.2 Å². The van der Waals surface area contributed by atoms with Gasteiger partial charge in [-0.05, 0) is 47.2 Å². The van der Waals surface area contributed by atoms with Gasteiger partial charge in [0.05, 0.1) is 10.0 Å². The molecule has 0 aliphatic rings. The molecule has 0 atom stereocenters. The lowest BCUT2D eigenvalue weighted by molar-refractivity contribution is 0.289. The van der Waals surface area contributed by atoms with Gasteiger partial charge in [-0.25, -0.2) is 8.78 Å². The first-order chi connectivity index (χ1) is 10.0. The number of rotatable bonds is 5. The molecule has 2 rings (SSSR count). The molecule has 2 aromatic rings. The molecule has 0 bridgehead atoms. The molecule has 2 aromatic carbocycles. The predicted molar refractivity (Wildman–Crippen MR) is 82.6 cm³/mol. The molecule has 1 N–H and O–H groups in total. The number of hydrogen-bond donors (Lipinski definition) is 1.